The maximum Gasteiger partial charge on any atom is 0.324 e. The normalized spacial score (nSPS) is 15.4. The Kier molecular flexibility index (Phi) is 8.91. The van der Waals surface area contributed by atoms with E-state index in [0.717, 1.165) is 30.2 Å². The topological polar surface area (TPSA) is 69.1 Å². The van der Waals surface area contributed by atoms with Crippen LogP contribution in [0.4, 0.5) is 14.9 Å². The number of urea groups is 1. The van der Waals surface area contributed by atoms with Crippen LogP contribution in [0.1, 0.15) is 31.7 Å². The number of anilines is 1. The lowest BCUT2D eigenvalue weighted by Gasteiger charge is -2.40. The smallest absolute Gasteiger partial charge is 0.324 e. The van der Waals surface area contributed by atoms with Gasteiger partial charge >= 0.3 is 6.03 Å². The minimum absolute atomic E-state index is 0.0533. The number of carbonyl (C=O) groups is 1. The van der Waals surface area contributed by atoms with Gasteiger partial charge in [-0.25, -0.2) is 9.18 Å². The molecule has 1 atom stereocenters. The second kappa shape index (κ2) is 12.9. The van der Waals surface area contributed by atoms with Gasteiger partial charge in [0, 0.05) is 54.5 Å². The van der Waals surface area contributed by atoms with Gasteiger partial charge in [0.25, 0.3) is 0 Å². The van der Waals surface area contributed by atoms with E-state index in [0.29, 0.717) is 54.7 Å². The Balaban J connectivity index is 1.45. The van der Waals surface area contributed by atoms with Crippen molar-refractivity contribution in [3.63, 3.8) is 0 Å². The zero-order valence-corrected chi connectivity index (χ0v) is 23.9. The van der Waals surface area contributed by atoms with Crippen molar-refractivity contribution in [3.8, 4) is 17.2 Å². The summed E-state index contributed by atoms with van der Waals surface area (Å²) in [5, 5.41) is 5.81. The number of rotatable bonds is 12. The van der Waals surface area contributed by atoms with Crippen LogP contribution in [0.2, 0.25) is 0 Å². The van der Waals surface area contributed by atoms with Gasteiger partial charge in [0.15, 0.2) is 11.5 Å². The van der Waals surface area contributed by atoms with Crippen LogP contribution in [0.5, 0.6) is 17.2 Å². The zero-order valence-electron chi connectivity index (χ0n) is 23.9. The molecule has 0 aliphatic carbocycles. The van der Waals surface area contributed by atoms with Crippen LogP contribution in [0.25, 0.3) is 10.9 Å². The molecule has 0 spiro atoms. The summed E-state index contributed by atoms with van der Waals surface area (Å²) in [7, 11) is 3.16. The van der Waals surface area contributed by atoms with Gasteiger partial charge in [-0.15, -0.1) is 0 Å². The Hall–Kier alpha value is -4.27. The van der Waals surface area contributed by atoms with Crippen LogP contribution < -0.4 is 19.1 Å². The van der Waals surface area contributed by atoms with Gasteiger partial charge < -0.3 is 19.1 Å². The second-order valence-electron chi connectivity index (χ2n) is 10.4. The van der Waals surface area contributed by atoms with Gasteiger partial charge in [-0.1, -0.05) is 38.0 Å². The fourth-order valence-corrected chi connectivity index (χ4v) is 5.35. The lowest BCUT2D eigenvalue weighted by Crippen LogP contribution is -2.54. The lowest BCUT2D eigenvalue weighted by atomic mass is 10.0. The molecule has 0 saturated carbocycles. The molecule has 3 aromatic carbocycles. The summed E-state index contributed by atoms with van der Waals surface area (Å²) in [6.45, 7) is 4.53. The van der Waals surface area contributed by atoms with E-state index in [1.165, 1.54) is 12.1 Å². The van der Waals surface area contributed by atoms with Gasteiger partial charge in [-0.3, -0.25) is 9.58 Å². The molecule has 0 bridgehead atoms. The third-order valence-electron chi connectivity index (χ3n) is 7.40. The third-order valence-corrected chi connectivity index (χ3v) is 7.40. The van der Waals surface area contributed by atoms with Crippen LogP contribution >= 0.6 is 0 Å². The number of hydrogen-bond donors (Lipinski definition) is 0. The summed E-state index contributed by atoms with van der Waals surface area (Å²) in [5.41, 5.74) is 2.26. The number of unbranched alkanes of at least 4 members (excludes halogenated alkanes) is 2. The standard InChI is InChI=1S/C32H37FN4O4/c1-4-5-8-15-41-31-17-27(12-14-30(31)40-3)37-20-23(19-36-22-24-9-6-7-10-28(24)34-36)18-35(32(37)38)21-25-16-26(33)11-13-29(25)39-2/h6-7,9-14,16-17,22-23H,4-5,8,15,18-21H2,1-3H3. The van der Waals surface area contributed by atoms with E-state index in [4.69, 9.17) is 19.3 Å². The quantitative estimate of drug-likeness (QED) is 0.185. The Morgan fingerprint density at radius 2 is 1.76 bits per heavy atom. The predicted molar refractivity (Wildman–Crippen MR) is 157 cm³/mol. The summed E-state index contributed by atoms with van der Waals surface area (Å²) < 4.78 is 33.2. The van der Waals surface area contributed by atoms with Crippen molar-refractivity contribution < 1.29 is 23.4 Å². The summed E-state index contributed by atoms with van der Waals surface area (Å²) in [6, 6.07) is 17.8. The van der Waals surface area contributed by atoms with Crippen molar-refractivity contribution in [1.82, 2.24) is 14.7 Å². The van der Waals surface area contributed by atoms with Gasteiger partial charge in [0.1, 0.15) is 11.6 Å². The molecule has 1 aliphatic rings. The van der Waals surface area contributed by atoms with E-state index in [1.807, 2.05) is 53.3 Å². The minimum Gasteiger partial charge on any atom is -0.496 e. The first-order valence-corrected chi connectivity index (χ1v) is 14.1. The van der Waals surface area contributed by atoms with Crippen LogP contribution in [0, 0.1) is 11.7 Å². The molecule has 1 aromatic heterocycles. The van der Waals surface area contributed by atoms with Crippen molar-refractivity contribution in [2.75, 3.05) is 38.8 Å². The number of ether oxygens (including phenoxy) is 3. The van der Waals surface area contributed by atoms with Crippen molar-refractivity contribution in [1.29, 1.82) is 0 Å². The van der Waals surface area contributed by atoms with Gasteiger partial charge in [-0.2, -0.15) is 5.10 Å². The first-order chi connectivity index (χ1) is 20.0. The highest BCUT2D eigenvalue weighted by atomic mass is 19.1. The third kappa shape index (κ3) is 6.56. The van der Waals surface area contributed by atoms with Crippen LogP contribution in [-0.4, -0.2) is 54.6 Å². The maximum absolute atomic E-state index is 14.2. The maximum atomic E-state index is 14.2. The number of halogens is 1. The molecule has 1 unspecified atom stereocenters. The molecule has 2 heterocycles. The van der Waals surface area contributed by atoms with Gasteiger partial charge in [0.05, 0.1) is 32.9 Å². The van der Waals surface area contributed by atoms with E-state index in [1.54, 1.807) is 30.1 Å². The first-order valence-electron chi connectivity index (χ1n) is 14.1. The fraction of sp³-hybridized carbons (Fsp3) is 0.375. The fourth-order valence-electron chi connectivity index (χ4n) is 5.35. The van der Waals surface area contributed by atoms with E-state index in [2.05, 4.69) is 6.92 Å². The highest BCUT2D eigenvalue weighted by Crippen LogP contribution is 2.35. The van der Waals surface area contributed by atoms with Crippen molar-refractivity contribution in [2.45, 2.75) is 39.3 Å². The summed E-state index contributed by atoms with van der Waals surface area (Å²) in [6.07, 6.45) is 5.15. The molecule has 8 nitrogen and oxygen atoms in total. The average Bonchev–Trinajstić information content (AvgIpc) is 3.39. The van der Waals surface area contributed by atoms with Crippen LogP contribution in [0.3, 0.4) is 0 Å². The Morgan fingerprint density at radius 1 is 0.951 bits per heavy atom. The molecule has 1 fully saturated rings. The summed E-state index contributed by atoms with van der Waals surface area (Å²) in [5.74, 6) is 1.45. The van der Waals surface area contributed by atoms with Crippen LogP contribution in [-0.2, 0) is 13.1 Å². The molecular weight excluding hydrogens is 523 g/mol. The van der Waals surface area contributed by atoms with Crippen LogP contribution in [0.15, 0.2) is 66.9 Å². The van der Waals surface area contributed by atoms with E-state index in [-0.39, 0.29) is 24.3 Å². The number of carbonyl (C=O) groups excluding carboxylic acids is 1. The molecule has 41 heavy (non-hydrogen) atoms. The minimum atomic E-state index is -0.373. The highest BCUT2D eigenvalue weighted by Gasteiger charge is 2.34. The number of amides is 2. The second-order valence-corrected chi connectivity index (χ2v) is 10.4. The SMILES string of the molecule is CCCCCOc1cc(N2CC(Cn3cc4ccccc4n3)CN(Cc3cc(F)ccc3OC)C2=O)ccc1OC. The molecule has 0 N–H and O–H groups in total. The van der Waals surface area contributed by atoms with E-state index < -0.39 is 0 Å². The Bertz CT molecular complexity index is 1460. The molecule has 5 rings (SSSR count). The molecular formula is C32H37FN4O4. The molecule has 4 aromatic rings. The lowest BCUT2D eigenvalue weighted by molar-refractivity contribution is 0.168. The largest absolute Gasteiger partial charge is 0.496 e. The van der Waals surface area contributed by atoms with E-state index in [9.17, 15) is 9.18 Å². The zero-order chi connectivity index (χ0) is 28.8. The monoisotopic (exact) mass is 560 g/mol. The number of nitrogens with zero attached hydrogens (tertiary/aromatic N) is 4. The molecule has 9 heteroatoms. The number of fused-ring (bicyclic) bond motifs is 1. The number of hydrogen-bond acceptors (Lipinski definition) is 5. The van der Waals surface area contributed by atoms with Crippen molar-refractivity contribution >= 4 is 22.6 Å². The number of aromatic nitrogens is 2. The Morgan fingerprint density at radius 3 is 2.54 bits per heavy atom. The molecule has 1 saturated heterocycles. The molecule has 216 valence electrons. The molecule has 0 radical (unpaired) electrons. The van der Waals surface area contributed by atoms with Crippen molar-refractivity contribution in [2.24, 2.45) is 5.92 Å². The Labute approximate surface area is 240 Å². The summed E-state index contributed by atoms with van der Waals surface area (Å²) in [4.78, 5) is 17.5. The van der Waals surface area contributed by atoms with E-state index >= 15 is 0 Å². The number of benzene rings is 3. The van der Waals surface area contributed by atoms with Gasteiger partial charge in [-0.05, 0) is 42.8 Å². The molecule has 1 aliphatic heterocycles. The number of methoxy groups -OCH3 is 2. The predicted octanol–water partition coefficient (Wildman–Crippen LogP) is 6.52. The average molecular weight is 561 g/mol. The first kappa shape index (κ1) is 28.3. The van der Waals surface area contributed by atoms with Gasteiger partial charge in [0.2, 0.25) is 0 Å². The molecule has 2 amide bonds. The highest BCUT2D eigenvalue weighted by molar-refractivity contribution is 5.93. The summed E-state index contributed by atoms with van der Waals surface area (Å²) >= 11 is 0. The van der Waals surface area contributed by atoms with Crippen molar-refractivity contribution in [3.05, 3.63) is 78.2 Å².